The average molecular weight is 247 g/mol. The van der Waals surface area contributed by atoms with Crippen molar-refractivity contribution < 1.29 is 0 Å². The van der Waals surface area contributed by atoms with E-state index in [-0.39, 0.29) is 6.04 Å². The molecule has 100 valence electrons. The van der Waals surface area contributed by atoms with E-state index >= 15 is 0 Å². The predicted octanol–water partition coefficient (Wildman–Crippen LogP) is 2.38. The van der Waals surface area contributed by atoms with Crippen LogP contribution in [0, 0.1) is 5.92 Å². The first-order valence-corrected chi connectivity index (χ1v) is 7.46. The lowest BCUT2D eigenvalue weighted by molar-refractivity contribution is 0.325. The average Bonchev–Trinajstić information content (AvgIpc) is 2.90. The zero-order valence-corrected chi connectivity index (χ0v) is 11.2. The van der Waals surface area contributed by atoms with E-state index in [1.807, 2.05) is 0 Å². The third-order valence-electron chi connectivity index (χ3n) is 4.38. The van der Waals surface area contributed by atoms with Crippen LogP contribution in [0.5, 0.6) is 0 Å². The molecule has 3 rings (SSSR count). The van der Waals surface area contributed by atoms with Gasteiger partial charge in [-0.05, 0) is 69.3 Å². The van der Waals surface area contributed by atoms with Crippen LogP contribution in [0.1, 0.15) is 43.7 Å². The monoisotopic (exact) mass is 247 g/mol. The highest BCUT2D eigenvalue weighted by Gasteiger charge is 2.29. The third kappa shape index (κ3) is 2.96. The lowest BCUT2D eigenvalue weighted by Gasteiger charge is -2.14. The summed E-state index contributed by atoms with van der Waals surface area (Å²) in [6.07, 6.45) is 11.1. The first-order chi connectivity index (χ1) is 8.83. The van der Waals surface area contributed by atoms with Crippen molar-refractivity contribution >= 4 is 0 Å². The summed E-state index contributed by atoms with van der Waals surface area (Å²) in [6, 6.07) is 2.49. The number of nitrogens with two attached hydrogens (primary N) is 1. The van der Waals surface area contributed by atoms with Crippen LogP contribution in [-0.2, 0) is 6.54 Å². The van der Waals surface area contributed by atoms with Crippen molar-refractivity contribution in [3.05, 3.63) is 24.0 Å². The van der Waals surface area contributed by atoms with E-state index in [1.165, 1.54) is 57.3 Å². The number of aromatic nitrogens is 1. The first-order valence-electron chi connectivity index (χ1n) is 7.46. The van der Waals surface area contributed by atoms with E-state index in [4.69, 9.17) is 5.73 Å². The molecule has 2 fully saturated rings. The molecule has 0 aromatic carbocycles. The SMILES string of the molecule is NC(c1ccn(CCCN2CCCC2)c1)C1CC1. The molecule has 0 bridgehead atoms. The Morgan fingerprint density at radius 2 is 2.00 bits per heavy atom. The van der Waals surface area contributed by atoms with Crippen LogP contribution in [0.25, 0.3) is 0 Å². The fraction of sp³-hybridized carbons (Fsp3) is 0.733. The second kappa shape index (κ2) is 5.45. The minimum absolute atomic E-state index is 0.282. The lowest BCUT2D eigenvalue weighted by atomic mass is 10.1. The van der Waals surface area contributed by atoms with Gasteiger partial charge in [0, 0.05) is 25.0 Å². The second-order valence-corrected chi connectivity index (χ2v) is 5.95. The second-order valence-electron chi connectivity index (χ2n) is 5.95. The van der Waals surface area contributed by atoms with Crippen molar-refractivity contribution in [2.75, 3.05) is 19.6 Å². The molecular formula is C15H25N3. The fourth-order valence-electron chi connectivity index (χ4n) is 3.01. The standard InChI is InChI=1S/C15H25N3/c16-15(13-4-5-13)14-6-11-18(12-14)10-3-9-17-7-1-2-8-17/h6,11-13,15H,1-5,7-10,16H2. The van der Waals surface area contributed by atoms with Gasteiger partial charge in [0.25, 0.3) is 0 Å². The van der Waals surface area contributed by atoms with E-state index < -0.39 is 0 Å². The molecule has 1 unspecified atom stereocenters. The number of nitrogens with zero attached hydrogens (tertiary/aromatic N) is 2. The number of hydrogen-bond acceptors (Lipinski definition) is 2. The van der Waals surface area contributed by atoms with E-state index in [2.05, 4.69) is 27.9 Å². The minimum atomic E-state index is 0.282. The van der Waals surface area contributed by atoms with Gasteiger partial charge in [-0.1, -0.05) is 0 Å². The summed E-state index contributed by atoms with van der Waals surface area (Å²) >= 11 is 0. The molecule has 1 aromatic rings. The van der Waals surface area contributed by atoms with E-state index in [0.29, 0.717) is 0 Å². The van der Waals surface area contributed by atoms with Gasteiger partial charge in [-0.2, -0.15) is 0 Å². The molecule has 1 atom stereocenters. The van der Waals surface area contributed by atoms with Gasteiger partial charge in [-0.25, -0.2) is 0 Å². The number of rotatable bonds is 6. The Kier molecular flexibility index (Phi) is 3.71. The van der Waals surface area contributed by atoms with E-state index in [9.17, 15) is 0 Å². The van der Waals surface area contributed by atoms with E-state index in [1.54, 1.807) is 0 Å². The number of likely N-dealkylation sites (tertiary alicyclic amines) is 1. The van der Waals surface area contributed by atoms with Gasteiger partial charge in [0.2, 0.25) is 0 Å². The molecule has 3 heteroatoms. The molecular weight excluding hydrogens is 222 g/mol. The van der Waals surface area contributed by atoms with Crippen molar-refractivity contribution in [3.63, 3.8) is 0 Å². The largest absolute Gasteiger partial charge is 0.354 e. The smallest absolute Gasteiger partial charge is 0.0338 e. The summed E-state index contributed by atoms with van der Waals surface area (Å²) < 4.78 is 2.31. The maximum Gasteiger partial charge on any atom is 0.0338 e. The maximum absolute atomic E-state index is 6.22. The lowest BCUT2D eigenvalue weighted by Crippen LogP contribution is -2.21. The zero-order valence-electron chi connectivity index (χ0n) is 11.2. The van der Waals surface area contributed by atoms with Crippen LogP contribution in [0.15, 0.2) is 18.5 Å². The number of aryl methyl sites for hydroxylation is 1. The van der Waals surface area contributed by atoms with Crippen LogP contribution >= 0.6 is 0 Å². The van der Waals surface area contributed by atoms with Gasteiger partial charge in [0.1, 0.15) is 0 Å². The van der Waals surface area contributed by atoms with Crippen LogP contribution in [0.3, 0.4) is 0 Å². The minimum Gasteiger partial charge on any atom is -0.354 e. The Morgan fingerprint density at radius 3 is 2.72 bits per heavy atom. The molecule has 3 nitrogen and oxygen atoms in total. The topological polar surface area (TPSA) is 34.2 Å². The Hall–Kier alpha value is -0.800. The van der Waals surface area contributed by atoms with Crippen molar-refractivity contribution in [1.29, 1.82) is 0 Å². The molecule has 1 aliphatic carbocycles. The fourth-order valence-corrected chi connectivity index (χ4v) is 3.01. The van der Waals surface area contributed by atoms with Crippen molar-refractivity contribution in [2.24, 2.45) is 11.7 Å². The molecule has 1 aromatic heterocycles. The van der Waals surface area contributed by atoms with Crippen molar-refractivity contribution in [1.82, 2.24) is 9.47 Å². The molecule has 2 heterocycles. The molecule has 2 aliphatic rings. The third-order valence-corrected chi connectivity index (χ3v) is 4.38. The molecule has 0 amide bonds. The molecule has 0 spiro atoms. The summed E-state index contributed by atoms with van der Waals surface area (Å²) in [7, 11) is 0. The van der Waals surface area contributed by atoms with Gasteiger partial charge < -0.3 is 15.2 Å². The summed E-state index contributed by atoms with van der Waals surface area (Å²) in [5.74, 6) is 0.755. The normalized spacial score (nSPS) is 22.5. The van der Waals surface area contributed by atoms with Gasteiger partial charge >= 0.3 is 0 Å². The maximum atomic E-state index is 6.22. The predicted molar refractivity (Wildman–Crippen MR) is 74.4 cm³/mol. The van der Waals surface area contributed by atoms with Gasteiger partial charge in [-0.15, -0.1) is 0 Å². The summed E-state index contributed by atoms with van der Waals surface area (Å²) in [5.41, 5.74) is 7.55. The number of hydrogen-bond donors (Lipinski definition) is 1. The summed E-state index contributed by atoms with van der Waals surface area (Å²) in [4.78, 5) is 2.58. The first kappa shape index (κ1) is 12.2. The molecule has 1 saturated carbocycles. The zero-order chi connectivity index (χ0) is 12.4. The van der Waals surface area contributed by atoms with Crippen molar-refractivity contribution in [3.8, 4) is 0 Å². The van der Waals surface area contributed by atoms with Crippen LogP contribution < -0.4 is 5.73 Å². The molecule has 18 heavy (non-hydrogen) atoms. The molecule has 1 aliphatic heterocycles. The summed E-state index contributed by atoms with van der Waals surface area (Å²) in [5, 5.41) is 0. The highest BCUT2D eigenvalue weighted by molar-refractivity contribution is 5.17. The molecule has 1 saturated heterocycles. The van der Waals surface area contributed by atoms with Crippen LogP contribution in [0.4, 0.5) is 0 Å². The molecule has 0 radical (unpaired) electrons. The van der Waals surface area contributed by atoms with Gasteiger partial charge in [-0.3, -0.25) is 0 Å². The summed E-state index contributed by atoms with van der Waals surface area (Å²) in [6.45, 7) is 5.00. The van der Waals surface area contributed by atoms with Crippen LogP contribution in [-0.4, -0.2) is 29.1 Å². The Morgan fingerprint density at radius 1 is 1.22 bits per heavy atom. The highest BCUT2D eigenvalue weighted by atomic mass is 15.1. The molecule has 2 N–H and O–H groups in total. The quantitative estimate of drug-likeness (QED) is 0.837. The van der Waals surface area contributed by atoms with Crippen molar-refractivity contribution in [2.45, 2.75) is 44.7 Å². The Labute approximate surface area is 110 Å². The van der Waals surface area contributed by atoms with Crippen LogP contribution in [0.2, 0.25) is 0 Å². The van der Waals surface area contributed by atoms with Gasteiger partial charge in [0.05, 0.1) is 0 Å². The van der Waals surface area contributed by atoms with E-state index in [0.717, 1.165) is 12.5 Å². The van der Waals surface area contributed by atoms with Gasteiger partial charge in [0.15, 0.2) is 0 Å². The Balaban J connectivity index is 1.44. The highest BCUT2D eigenvalue weighted by Crippen LogP contribution is 2.39. The Bertz CT molecular complexity index is 375.